The normalized spacial score (nSPS) is 19.1. The van der Waals surface area contributed by atoms with E-state index >= 15 is 0 Å². The Morgan fingerprint density at radius 1 is 1.44 bits per heavy atom. The number of aliphatic hydroxyl groups is 1. The van der Waals surface area contributed by atoms with Gasteiger partial charge in [-0.2, -0.15) is 0 Å². The van der Waals surface area contributed by atoms with E-state index in [-0.39, 0.29) is 11.9 Å². The number of β-amino-alcohol motifs (C(OH)–C–C–N with tert-alkyl or cyclic N) is 1. The predicted octanol–water partition coefficient (Wildman–Crippen LogP) is 2.14. The first kappa shape index (κ1) is 17.6. The molecule has 1 fully saturated rings. The lowest BCUT2D eigenvalue weighted by Crippen LogP contribution is -2.40. The van der Waals surface area contributed by atoms with Crippen molar-refractivity contribution < 1.29 is 14.3 Å². The van der Waals surface area contributed by atoms with Crippen LogP contribution in [0.2, 0.25) is 0 Å². The van der Waals surface area contributed by atoms with E-state index in [1.807, 2.05) is 42.2 Å². The molecule has 1 aromatic carbocycles. The first-order valence-corrected chi connectivity index (χ1v) is 8.67. The quantitative estimate of drug-likeness (QED) is 0.870. The number of aromatic nitrogens is 1. The molecule has 1 aliphatic rings. The molecule has 1 saturated heterocycles. The number of hydrogen-bond donors (Lipinski definition) is 1. The summed E-state index contributed by atoms with van der Waals surface area (Å²) in [4.78, 5) is 20.3. The second-order valence-electron chi connectivity index (χ2n) is 6.64. The third kappa shape index (κ3) is 4.46. The molecule has 3 rings (SSSR count). The fourth-order valence-electron chi connectivity index (χ4n) is 3.38. The number of amides is 1. The van der Waals surface area contributed by atoms with Crippen molar-refractivity contribution in [1.82, 2.24) is 14.8 Å². The van der Waals surface area contributed by atoms with Gasteiger partial charge in [-0.15, -0.1) is 0 Å². The van der Waals surface area contributed by atoms with Gasteiger partial charge in [-0.25, -0.2) is 4.98 Å². The number of nitrogens with zero attached hydrogens (tertiary/aromatic N) is 3. The molecule has 0 bridgehead atoms. The lowest BCUT2D eigenvalue weighted by atomic mass is 10.1. The van der Waals surface area contributed by atoms with Crippen molar-refractivity contribution in [3.05, 3.63) is 53.7 Å². The Morgan fingerprint density at radius 3 is 2.84 bits per heavy atom. The van der Waals surface area contributed by atoms with Crippen LogP contribution in [0.4, 0.5) is 0 Å². The summed E-state index contributed by atoms with van der Waals surface area (Å²) in [6.07, 6.45) is 2.05. The van der Waals surface area contributed by atoms with Crippen LogP contribution in [-0.4, -0.2) is 51.5 Å². The van der Waals surface area contributed by atoms with E-state index in [4.69, 9.17) is 4.42 Å². The van der Waals surface area contributed by atoms with Gasteiger partial charge in [0, 0.05) is 32.6 Å². The standard InChI is InChI=1S/C19H25N3O3/c1-14-10-20-19(25-14)13-22(15(2)23)17-8-9-21(11-17)12-18(24)16-6-4-3-5-7-16/h3-7,10,17-18,24H,8-9,11-13H2,1-2H3/t17-,18+/m1/s1. The summed E-state index contributed by atoms with van der Waals surface area (Å²) >= 11 is 0. The van der Waals surface area contributed by atoms with E-state index in [2.05, 4.69) is 9.88 Å². The van der Waals surface area contributed by atoms with E-state index in [1.165, 1.54) is 0 Å². The maximum atomic E-state index is 12.1. The fourth-order valence-corrected chi connectivity index (χ4v) is 3.38. The summed E-state index contributed by atoms with van der Waals surface area (Å²) < 4.78 is 5.51. The summed E-state index contributed by atoms with van der Waals surface area (Å²) in [5, 5.41) is 10.4. The second-order valence-corrected chi connectivity index (χ2v) is 6.64. The molecule has 0 radical (unpaired) electrons. The molecule has 0 spiro atoms. The van der Waals surface area contributed by atoms with Gasteiger partial charge in [-0.05, 0) is 18.9 Å². The molecule has 0 aliphatic carbocycles. The molecule has 2 aromatic rings. The van der Waals surface area contributed by atoms with Crippen LogP contribution in [-0.2, 0) is 11.3 Å². The first-order valence-electron chi connectivity index (χ1n) is 8.67. The second kappa shape index (κ2) is 7.80. The van der Waals surface area contributed by atoms with Gasteiger partial charge in [-0.3, -0.25) is 9.69 Å². The number of likely N-dealkylation sites (tertiary alicyclic amines) is 1. The van der Waals surface area contributed by atoms with Crippen LogP contribution in [0.15, 0.2) is 40.9 Å². The lowest BCUT2D eigenvalue weighted by Gasteiger charge is -2.27. The summed E-state index contributed by atoms with van der Waals surface area (Å²) in [5.74, 6) is 1.33. The number of hydrogen-bond acceptors (Lipinski definition) is 5. The Labute approximate surface area is 148 Å². The van der Waals surface area contributed by atoms with Gasteiger partial charge in [0.05, 0.1) is 18.8 Å². The smallest absolute Gasteiger partial charge is 0.220 e. The van der Waals surface area contributed by atoms with Crippen LogP contribution in [0.25, 0.3) is 0 Å². The van der Waals surface area contributed by atoms with Crippen molar-refractivity contribution in [3.63, 3.8) is 0 Å². The summed E-state index contributed by atoms with van der Waals surface area (Å²) in [6.45, 7) is 6.01. The van der Waals surface area contributed by atoms with Crippen molar-refractivity contribution in [3.8, 4) is 0 Å². The minimum absolute atomic E-state index is 0.0197. The van der Waals surface area contributed by atoms with Crippen LogP contribution in [0.5, 0.6) is 0 Å². The molecule has 6 nitrogen and oxygen atoms in total. The van der Waals surface area contributed by atoms with Crippen molar-refractivity contribution in [2.24, 2.45) is 0 Å². The Morgan fingerprint density at radius 2 is 2.20 bits per heavy atom. The molecule has 0 unspecified atom stereocenters. The number of aryl methyl sites for hydroxylation is 1. The molecule has 1 aliphatic heterocycles. The van der Waals surface area contributed by atoms with Crippen LogP contribution < -0.4 is 0 Å². The van der Waals surface area contributed by atoms with Gasteiger partial charge in [0.1, 0.15) is 5.76 Å². The number of carbonyl (C=O) groups is 1. The van der Waals surface area contributed by atoms with Crippen LogP contribution in [0, 0.1) is 6.92 Å². The minimum atomic E-state index is -0.514. The molecule has 2 heterocycles. The molecule has 2 atom stereocenters. The summed E-state index contributed by atoms with van der Waals surface area (Å²) in [6, 6.07) is 9.79. The Balaban J connectivity index is 1.59. The Hall–Kier alpha value is -2.18. The molecule has 6 heteroatoms. The maximum Gasteiger partial charge on any atom is 0.220 e. The highest BCUT2D eigenvalue weighted by Crippen LogP contribution is 2.22. The van der Waals surface area contributed by atoms with E-state index in [9.17, 15) is 9.90 Å². The topological polar surface area (TPSA) is 69.8 Å². The first-order chi connectivity index (χ1) is 12.0. The predicted molar refractivity (Wildman–Crippen MR) is 93.7 cm³/mol. The van der Waals surface area contributed by atoms with Gasteiger partial charge in [0.15, 0.2) is 0 Å². The zero-order valence-electron chi connectivity index (χ0n) is 14.8. The summed E-state index contributed by atoms with van der Waals surface area (Å²) in [5.41, 5.74) is 0.921. The monoisotopic (exact) mass is 343 g/mol. The maximum absolute atomic E-state index is 12.1. The fraction of sp³-hybridized carbons (Fsp3) is 0.474. The molecule has 0 saturated carbocycles. The highest BCUT2D eigenvalue weighted by molar-refractivity contribution is 5.73. The third-order valence-corrected chi connectivity index (χ3v) is 4.68. The third-order valence-electron chi connectivity index (χ3n) is 4.68. The van der Waals surface area contributed by atoms with Crippen molar-refractivity contribution >= 4 is 5.91 Å². The zero-order valence-corrected chi connectivity index (χ0v) is 14.8. The average molecular weight is 343 g/mol. The van der Waals surface area contributed by atoms with E-state index in [0.29, 0.717) is 19.0 Å². The molecular weight excluding hydrogens is 318 g/mol. The van der Waals surface area contributed by atoms with Crippen LogP contribution >= 0.6 is 0 Å². The number of aliphatic hydroxyl groups excluding tert-OH is 1. The largest absolute Gasteiger partial charge is 0.444 e. The molecule has 1 N–H and O–H groups in total. The van der Waals surface area contributed by atoms with Crippen molar-refractivity contribution in [2.45, 2.75) is 39.0 Å². The van der Waals surface area contributed by atoms with E-state index in [1.54, 1.807) is 13.1 Å². The number of rotatable bonds is 6. The number of benzene rings is 1. The summed E-state index contributed by atoms with van der Waals surface area (Å²) in [7, 11) is 0. The molecule has 1 aromatic heterocycles. The average Bonchev–Trinajstić information content (AvgIpc) is 3.22. The van der Waals surface area contributed by atoms with Gasteiger partial charge < -0.3 is 14.4 Å². The molecule has 134 valence electrons. The van der Waals surface area contributed by atoms with Gasteiger partial charge in [0.2, 0.25) is 11.8 Å². The zero-order chi connectivity index (χ0) is 17.8. The Kier molecular flexibility index (Phi) is 5.50. The van der Waals surface area contributed by atoms with Gasteiger partial charge in [-0.1, -0.05) is 30.3 Å². The van der Waals surface area contributed by atoms with Crippen LogP contribution in [0.3, 0.4) is 0 Å². The highest BCUT2D eigenvalue weighted by Gasteiger charge is 2.31. The van der Waals surface area contributed by atoms with Gasteiger partial charge in [0.25, 0.3) is 0 Å². The SMILES string of the molecule is CC(=O)N(Cc1ncc(C)o1)[C@@H]1CCN(C[C@H](O)c2ccccc2)C1. The number of carbonyl (C=O) groups excluding carboxylic acids is 1. The molecule has 25 heavy (non-hydrogen) atoms. The van der Waals surface area contributed by atoms with Gasteiger partial charge >= 0.3 is 0 Å². The highest BCUT2D eigenvalue weighted by atomic mass is 16.4. The van der Waals surface area contributed by atoms with E-state index in [0.717, 1.165) is 30.8 Å². The van der Waals surface area contributed by atoms with Crippen molar-refractivity contribution in [1.29, 1.82) is 0 Å². The van der Waals surface area contributed by atoms with E-state index < -0.39 is 6.10 Å². The minimum Gasteiger partial charge on any atom is -0.444 e. The number of oxazole rings is 1. The molecule has 1 amide bonds. The van der Waals surface area contributed by atoms with Crippen LogP contribution in [0.1, 0.15) is 36.7 Å². The molecular formula is C19H25N3O3. The van der Waals surface area contributed by atoms with Crippen molar-refractivity contribution in [2.75, 3.05) is 19.6 Å². The lowest BCUT2D eigenvalue weighted by molar-refractivity contribution is -0.132. The Bertz CT molecular complexity index is 701.